The van der Waals surface area contributed by atoms with Crippen molar-refractivity contribution in [3.8, 4) is 0 Å². The minimum atomic E-state index is -1.36. The number of β-lactam (4-membered cyclic amide) rings is 1. The molecule has 2 aliphatic heterocycles. The number of halogens is 2. The maximum Gasteiger partial charge on any atom is 0.353 e. The molecular weight excluding hydrogens is 525 g/mol. The van der Waals surface area contributed by atoms with Crippen molar-refractivity contribution in [1.29, 1.82) is 5.41 Å². The van der Waals surface area contributed by atoms with Gasteiger partial charge >= 0.3 is 5.97 Å². The number of oxime groups is 1. The number of carboxylic acid groups (broad SMARTS) is 1. The van der Waals surface area contributed by atoms with Crippen LogP contribution in [-0.2, 0) is 14.4 Å². The average Bonchev–Trinajstić information content (AvgIpc) is 3.07. The van der Waals surface area contributed by atoms with Crippen LogP contribution in [-0.4, -0.2) is 66.0 Å². The van der Waals surface area contributed by atoms with Gasteiger partial charge in [-0.1, -0.05) is 51.5 Å². The Labute approximate surface area is 203 Å². The number of aliphatic carboxylic acids is 1. The van der Waals surface area contributed by atoms with Gasteiger partial charge in [-0.05, 0) is 25.7 Å². The number of anilines is 1. The SMILES string of the molecule is N=C(Cl)/C(=N\S)SC1=C(C(=O)O)N2C(=O)C(NC(=O)/C(=N\O)c3nc(N)sc3Cl)[C@H]2CC1. The first-order valence-corrected chi connectivity index (χ1v) is 11.3. The number of thiol groups is 1. The summed E-state index contributed by atoms with van der Waals surface area (Å²) >= 11 is 17.0. The van der Waals surface area contributed by atoms with Crippen molar-refractivity contribution in [2.75, 3.05) is 5.73 Å². The van der Waals surface area contributed by atoms with E-state index in [0.717, 1.165) is 28.0 Å². The summed E-state index contributed by atoms with van der Waals surface area (Å²) in [5.41, 5.74) is 4.56. The Morgan fingerprint density at radius 2 is 2.16 bits per heavy atom. The lowest BCUT2D eigenvalue weighted by atomic mass is 9.86. The Kier molecular flexibility index (Phi) is 7.34. The summed E-state index contributed by atoms with van der Waals surface area (Å²) in [6, 6.07) is -1.70. The van der Waals surface area contributed by atoms with Crippen LogP contribution in [0.2, 0.25) is 4.34 Å². The van der Waals surface area contributed by atoms with Crippen molar-refractivity contribution in [2.45, 2.75) is 24.9 Å². The number of hydrogen-bond donors (Lipinski definition) is 6. The predicted molar refractivity (Wildman–Crippen MR) is 124 cm³/mol. The highest BCUT2D eigenvalue weighted by Crippen LogP contribution is 2.41. The lowest BCUT2D eigenvalue weighted by Crippen LogP contribution is -2.72. The van der Waals surface area contributed by atoms with Gasteiger partial charge in [-0.3, -0.25) is 19.9 Å². The number of carboxylic acids is 1. The fourth-order valence-electron chi connectivity index (χ4n) is 3.23. The monoisotopic (exact) mass is 537 g/mol. The van der Waals surface area contributed by atoms with Crippen LogP contribution < -0.4 is 11.1 Å². The normalized spacial score (nSPS) is 21.2. The Morgan fingerprint density at radius 1 is 1.47 bits per heavy atom. The van der Waals surface area contributed by atoms with E-state index in [1.807, 2.05) is 0 Å². The minimum absolute atomic E-state index is 0.0222. The van der Waals surface area contributed by atoms with Gasteiger partial charge in [0, 0.05) is 4.91 Å². The molecule has 12 nitrogen and oxygen atoms in total. The van der Waals surface area contributed by atoms with E-state index >= 15 is 0 Å². The number of amides is 2. The van der Waals surface area contributed by atoms with Crippen molar-refractivity contribution in [3.63, 3.8) is 0 Å². The van der Waals surface area contributed by atoms with Gasteiger partial charge < -0.3 is 21.4 Å². The summed E-state index contributed by atoms with van der Waals surface area (Å²) in [5.74, 6) is -2.97. The zero-order valence-corrected chi connectivity index (χ0v) is 19.6. The zero-order valence-electron chi connectivity index (χ0n) is 15.6. The quantitative estimate of drug-likeness (QED) is 0.0783. The number of carbonyl (C=O) groups is 3. The molecule has 2 atom stereocenters. The van der Waals surface area contributed by atoms with Crippen molar-refractivity contribution in [3.05, 3.63) is 20.6 Å². The fourth-order valence-corrected chi connectivity index (χ4v) is 5.46. The second-order valence-electron chi connectivity index (χ2n) is 6.29. The molecule has 1 fully saturated rings. The second-order valence-corrected chi connectivity index (χ2v) is 9.58. The molecule has 0 aliphatic carbocycles. The third-order valence-corrected chi connectivity index (χ3v) is 7.36. The predicted octanol–water partition coefficient (Wildman–Crippen LogP) is 1.54. The number of fused-ring (bicyclic) bond motifs is 1. The molecule has 3 rings (SSSR count). The molecular formula is C15H13Cl2N7O5S3. The Balaban J connectivity index is 1.81. The van der Waals surface area contributed by atoms with Crippen LogP contribution >= 0.6 is 59.1 Å². The number of nitrogens with two attached hydrogens (primary N) is 1. The molecule has 2 aliphatic rings. The van der Waals surface area contributed by atoms with E-state index in [4.69, 9.17) is 34.3 Å². The number of rotatable bonds is 6. The first kappa shape index (κ1) is 24.3. The van der Waals surface area contributed by atoms with Crippen molar-refractivity contribution >= 4 is 98.0 Å². The van der Waals surface area contributed by atoms with E-state index < -0.39 is 40.7 Å². The first-order valence-electron chi connectivity index (χ1n) is 8.49. The van der Waals surface area contributed by atoms with E-state index in [9.17, 15) is 24.7 Å². The molecule has 32 heavy (non-hydrogen) atoms. The van der Waals surface area contributed by atoms with Gasteiger partial charge in [0.05, 0.1) is 6.04 Å². The molecule has 0 aromatic carbocycles. The van der Waals surface area contributed by atoms with Crippen LogP contribution in [0.1, 0.15) is 18.5 Å². The van der Waals surface area contributed by atoms with Crippen molar-refractivity contribution < 1.29 is 24.7 Å². The number of thiazole rings is 1. The molecule has 0 bridgehead atoms. The molecule has 170 valence electrons. The maximum atomic E-state index is 12.7. The fraction of sp³-hybridized carbons (Fsp3) is 0.267. The highest BCUT2D eigenvalue weighted by Gasteiger charge is 2.54. The average molecular weight is 538 g/mol. The van der Waals surface area contributed by atoms with Gasteiger partial charge in [-0.2, -0.15) is 0 Å². The zero-order chi connectivity index (χ0) is 23.7. The number of nitrogens with one attached hydrogen (secondary N) is 2. The molecule has 1 aromatic rings. The molecule has 1 saturated heterocycles. The molecule has 3 heterocycles. The standard InChI is InChI=1S/C15H13Cl2N7O5S3/c16-9(18)12(23-30)31-4-2-1-3-5(13(26)24(3)8(4)14(27)28)20-11(25)7(22-29)6-10(17)32-15(19)21-6/h3,5,18,29-30H,1-2H2,(H2,19,21)(H,20,25)(H,27,28)/b18-9?,22-7-,23-12+/t3-,5?/m1/s1. The molecule has 0 saturated carbocycles. The number of aromatic nitrogens is 1. The Hall–Kier alpha value is -2.33. The molecule has 6 N–H and O–H groups in total. The number of hydrogen-bond acceptors (Lipinski definition) is 12. The lowest BCUT2D eigenvalue weighted by molar-refractivity contribution is -0.155. The molecule has 2 amide bonds. The number of nitrogen functional groups attached to an aromatic ring is 1. The highest BCUT2D eigenvalue weighted by molar-refractivity contribution is 8.19. The maximum absolute atomic E-state index is 12.7. The number of thioether (sulfide) groups is 1. The number of carbonyl (C=O) groups excluding carboxylic acids is 2. The number of nitrogens with zero attached hydrogens (tertiary/aromatic N) is 4. The van der Waals surface area contributed by atoms with Crippen LogP contribution in [0.4, 0.5) is 5.13 Å². The van der Waals surface area contributed by atoms with Crippen LogP contribution in [0, 0.1) is 5.41 Å². The van der Waals surface area contributed by atoms with Crippen LogP contribution in [0.3, 0.4) is 0 Å². The smallest absolute Gasteiger partial charge is 0.353 e. The van der Waals surface area contributed by atoms with E-state index in [2.05, 4.69) is 32.7 Å². The van der Waals surface area contributed by atoms with Gasteiger partial charge in [0.15, 0.2) is 16.0 Å². The van der Waals surface area contributed by atoms with E-state index in [-0.39, 0.29) is 37.2 Å². The Bertz CT molecular complexity index is 1120. The van der Waals surface area contributed by atoms with E-state index in [1.54, 1.807) is 0 Å². The van der Waals surface area contributed by atoms with Gasteiger partial charge in [0.1, 0.15) is 26.8 Å². The second kappa shape index (κ2) is 9.66. The van der Waals surface area contributed by atoms with Crippen LogP contribution in [0.25, 0.3) is 0 Å². The van der Waals surface area contributed by atoms with Gasteiger partial charge in [0.25, 0.3) is 11.8 Å². The first-order chi connectivity index (χ1) is 15.1. The summed E-state index contributed by atoms with van der Waals surface area (Å²) in [4.78, 5) is 42.3. The summed E-state index contributed by atoms with van der Waals surface area (Å²) in [6.45, 7) is 0. The van der Waals surface area contributed by atoms with Crippen LogP contribution in [0.15, 0.2) is 20.2 Å². The third-order valence-electron chi connectivity index (χ3n) is 4.52. The Morgan fingerprint density at radius 3 is 2.66 bits per heavy atom. The summed E-state index contributed by atoms with van der Waals surface area (Å²) in [5, 5.41) is 31.3. The van der Waals surface area contributed by atoms with Gasteiger partial charge in [-0.15, -0.1) is 0 Å². The van der Waals surface area contributed by atoms with Crippen molar-refractivity contribution in [2.24, 2.45) is 9.55 Å². The van der Waals surface area contributed by atoms with Gasteiger partial charge in [-0.25, -0.2) is 14.2 Å². The van der Waals surface area contributed by atoms with E-state index in [1.165, 1.54) is 0 Å². The molecule has 0 spiro atoms. The lowest BCUT2D eigenvalue weighted by Gasteiger charge is -2.50. The van der Waals surface area contributed by atoms with Crippen molar-refractivity contribution in [1.82, 2.24) is 15.2 Å². The molecule has 17 heteroatoms. The highest BCUT2D eigenvalue weighted by atomic mass is 35.5. The molecule has 0 radical (unpaired) electrons. The minimum Gasteiger partial charge on any atom is -0.477 e. The summed E-state index contributed by atoms with van der Waals surface area (Å²) in [7, 11) is 0. The molecule has 1 aromatic heterocycles. The third kappa shape index (κ3) is 4.43. The number of allylic oxidation sites excluding steroid dienone is 1. The summed E-state index contributed by atoms with van der Waals surface area (Å²) in [6.07, 6.45) is 0.529. The topological polar surface area (TPSA) is 194 Å². The van der Waals surface area contributed by atoms with E-state index in [0.29, 0.717) is 6.42 Å². The molecule has 1 unspecified atom stereocenters. The van der Waals surface area contributed by atoms with Gasteiger partial charge in [0.2, 0.25) is 0 Å². The summed E-state index contributed by atoms with van der Waals surface area (Å²) < 4.78 is 3.57. The largest absolute Gasteiger partial charge is 0.477 e. The van der Waals surface area contributed by atoms with Crippen LogP contribution in [0.5, 0.6) is 0 Å².